The highest BCUT2D eigenvalue weighted by Gasteiger charge is 2.25. The minimum atomic E-state index is -3.50. The number of likely N-dealkylation sites (tertiary alicyclic amines) is 1. The van der Waals surface area contributed by atoms with Crippen LogP contribution in [-0.2, 0) is 10.0 Å². The van der Waals surface area contributed by atoms with Gasteiger partial charge in [0.15, 0.2) is 0 Å². The van der Waals surface area contributed by atoms with E-state index in [1.54, 1.807) is 24.3 Å². The van der Waals surface area contributed by atoms with E-state index in [0.717, 1.165) is 37.2 Å². The molecule has 1 atom stereocenters. The van der Waals surface area contributed by atoms with Gasteiger partial charge >= 0.3 is 0 Å². The van der Waals surface area contributed by atoms with Gasteiger partial charge in [0.1, 0.15) is 0 Å². The van der Waals surface area contributed by atoms with Crippen molar-refractivity contribution in [2.75, 3.05) is 38.6 Å². The van der Waals surface area contributed by atoms with Crippen LogP contribution < -0.4 is 9.62 Å². The van der Waals surface area contributed by atoms with Crippen LogP contribution in [0.5, 0.6) is 0 Å². The topological polar surface area (TPSA) is 52.7 Å². The highest BCUT2D eigenvalue weighted by Crippen LogP contribution is 2.26. The molecule has 2 aromatic rings. The van der Waals surface area contributed by atoms with Gasteiger partial charge in [-0.15, -0.1) is 0 Å². The molecule has 0 saturated carbocycles. The van der Waals surface area contributed by atoms with Gasteiger partial charge in [-0.1, -0.05) is 30.3 Å². The Morgan fingerprint density at radius 1 is 1.00 bits per heavy atom. The molecule has 0 spiro atoms. The average Bonchev–Trinajstić information content (AvgIpc) is 3.17. The summed E-state index contributed by atoms with van der Waals surface area (Å²) in [4.78, 5) is 4.74. The second kappa shape index (κ2) is 8.20. The molecule has 1 aliphatic heterocycles. The summed E-state index contributed by atoms with van der Waals surface area (Å²) >= 11 is 0. The summed E-state index contributed by atoms with van der Waals surface area (Å²) in [5.74, 6) is 0. The third-order valence-corrected chi connectivity index (χ3v) is 6.34. The highest BCUT2D eigenvalue weighted by molar-refractivity contribution is 7.89. The van der Waals surface area contributed by atoms with Crippen LogP contribution in [0.1, 0.15) is 24.4 Å². The van der Waals surface area contributed by atoms with E-state index in [1.165, 1.54) is 0 Å². The fraction of sp³-hybridized carbons (Fsp3) is 0.400. The number of hydrogen-bond donors (Lipinski definition) is 1. The number of nitrogens with one attached hydrogen (secondary N) is 1. The molecule has 0 aliphatic carbocycles. The number of nitrogens with zero attached hydrogens (tertiary/aromatic N) is 2. The van der Waals surface area contributed by atoms with Crippen LogP contribution in [0, 0.1) is 0 Å². The molecule has 1 saturated heterocycles. The number of hydrogen-bond acceptors (Lipinski definition) is 4. The summed E-state index contributed by atoms with van der Waals surface area (Å²) in [6, 6.07) is 17.0. The lowest BCUT2D eigenvalue weighted by Gasteiger charge is -2.28. The molecule has 0 amide bonds. The van der Waals surface area contributed by atoms with Crippen LogP contribution in [0.15, 0.2) is 59.5 Å². The molecule has 0 radical (unpaired) electrons. The molecule has 2 aromatic carbocycles. The minimum absolute atomic E-state index is 0.0483. The Balaban J connectivity index is 1.78. The lowest BCUT2D eigenvalue weighted by Crippen LogP contribution is -2.36. The van der Waals surface area contributed by atoms with E-state index in [2.05, 4.69) is 38.8 Å². The van der Waals surface area contributed by atoms with E-state index >= 15 is 0 Å². The van der Waals surface area contributed by atoms with Gasteiger partial charge in [-0.05, 0) is 55.8 Å². The van der Waals surface area contributed by atoms with Crippen LogP contribution in [-0.4, -0.2) is 47.0 Å². The molecule has 0 bridgehead atoms. The van der Waals surface area contributed by atoms with Crippen molar-refractivity contribution in [2.24, 2.45) is 0 Å². The van der Waals surface area contributed by atoms with E-state index in [9.17, 15) is 8.42 Å². The summed E-state index contributed by atoms with van der Waals surface area (Å²) in [5, 5.41) is 0. The van der Waals surface area contributed by atoms with Gasteiger partial charge in [-0.25, -0.2) is 13.1 Å². The summed E-state index contributed by atoms with van der Waals surface area (Å²) in [5.41, 5.74) is 2.28. The van der Waals surface area contributed by atoms with E-state index < -0.39 is 10.0 Å². The van der Waals surface area contributed by atoms with Gasteiger partial charge in [0.2, 0.25) is 10.0 Å². The number of sulfonamides is 1. The Morgan fingerprint density at radius 3 is 2.19 bits per heavy atom. The normalized spacial score (nSPS) is 16.5. The summed E-state index contributed by atoms with van der Waals surface area (Å²) in [6.07, 6.45) is 2.33. The molecule has 3 rings (SSSR count). The molecule has 1 aliphatic rings. The Kier molecular flexibility index (Phi) is 5.96. The molecule has 26 heavy (non-hydrogen) atoms. The van der Waals surface area contributed by atoms with Crippen molar-refractivity contribution in [1.82, 2.24) is 9.62 Å². The zero-order valence-corrected chi connectivity index (χ0v) is 16.2. The quantitative estimate of drug-likeness (QED) is 0.811. The second-order valence-corrected chi connectivity index (χ2v) is 8.68. The van der Waals surface area contributed by atoms with Crippen LogP contribution in [0.2, 0.25) is 0 Å². The van der Waals surface area contributed by atoms with Crippen molar-refractivity contribution in [3.05, 3.63) is 60.2 Å². The first kappa shape index (κ1) is 18.9. The molecule has 5 nitrogen and oxygen atoms in total. The monoisotopic (exact) mass is 373 g/mol. The van der Waals surface area contributed by atoms with Crippen LogP contribution >= 0.6 is 0 Å². The second-order valence-electron chi connectivity index (χ2n) is 6.91. The predicted molar refractivity (Wildman–Crippen MR) is 106 cm³/mol. The first-order valence-corrected chi connectivity index (χ1v) is 10.5. The number of anilines is 1. The molecular weight excluding hydrogens is 346 g/mol. The van der Waals surface area contributed by atoms with Gasteiger partial charge in [-0.3, -0.25) is 4.90 Å². The largest absolute Gasteiger partial charge is 0.378 e. The van der Waals surface area contributed by atoms with Crippen LogP contribution in [0.3, 0.4) is 0 Å². The molecule has 0 aromatic heterocycles. The standard InChI is InChI=1S/C20H27N3O2S/c1-22(2)18-12-10-17(11-13-18)20(23-14-6-7-15-23)16-21-26(24,25)19-8-4-3-5-9-19/h3-5,8-13,20-21H,6-7,14-16H2,1-2H3/t20-/m0/s1. The van der Waals surface area contributed by atoms with Gasteiger partial charge in [0, 0.05) is 32.4 Å². The van der Waals surface area contributed by atoms with Crippen molar-refractivity contribution in [1.29, 1.82) is 0 Å². The van der Waals surface area contributed by atoms with Gasteiger partial charge < -0.3 is 4.90 Å². The first-order chi connectivity index (χ1) is 12.5. The van der Waals surface area contributed by atoms with Crippen molar-refractivity contribution < 1.29 is 8.42 Å². The number of rotatable bonds is 7. The summed E-state index contributed by atoms with van der Waals surface area (Å²) < 4.78 is 28.0. The summed E-state index contributed by atoms with van der Waals surface area (Å²) in [6.45, 7) is 2.39. The lowest BCUT2D eigenvalue weighted by atomic mass is 10.1. The van der Waals surface area contributed by atoms with Crippen molar-refractivity contribution in [3.8, 4) is 0 Å². The molecule has 1 fully saturated rings. The maximum Gasteiger partial charge on any atom is 0.240 e. The van der Waals surface area contributed by atoms with Gasteiger partial charge in [-0.2, -0.15) is 0 Å². The van der Waals surface area contributed by atoms with Crippen molar-refractivity contribution in [3.63, 3.8) is 0 Å². The highest BCUT2D eigenvalue weighted by atomic mass is 32.2. The fourth-order valence-corrected chi connectivity index (χ4v) is 4.44. The van der Waals surface area contributed by atoms with Crippen molar-refractivity contribution >= 4 is 15.7 Å². The van der Waals surface area contributed by atoms with E-state index in [1.807, 2.05) is 20.2 Å². The Bertz CT molecular complexity index is 799. The fourth-order valence-electron chi connectivity index (χ4n) is 3.38. The Hall–Kier alpha value is -1.89. The maximum absolute atomic E-state index is 12.6. The smallest absolute Gasteiger partial charge is 0.240 e. The number of benzene rings is 2. The molecule has 1 heterocycles. The zero-order valence-electron chi connectivity index (χ0n) is 15.4. The van der Waals surface area contributed by atoms with Gasteiger partial charge in [0.25, 0.3) is 0 Å². The Morgan fingerprint density at radius 2 is 1.62 bits per heavy atom. The average molecular weight is 374 g/mol. The van der Waals surface area contributed by atoms with Gasteiger partial charge in [0.05, 0.1) is 4.90 Å². The first-order valence-electron chi connectivity index (χ1n) is 9.03. The predicted octanol–water partition coefficient (Wildman–Crippen LogP) is 2.87. The molecule has 140 valence electrons. The molecule has 1 N–H and O–H groups in total. The summed E-state index contributed by atoms with van der Waals surface area (Å²) in [7, 11) is 0.530. The van der Waals surface area contributed by atoms with E-state index in [4.69, 9.17) is 0 Å². The van der Waals surface area contributed by atoms with E-state index in [-0.39, 0.29) is 6.04 Å². The maximum atomic E-state index is 12.6. The zero-order chi connectivity index (χ0) is 18.6. The SMILES string of the molecule is CN(C)c1ccc([C@H](CNS(=O)(=O)c2ccccc2)N2CCCC2)cc1. The molecule has 0 unspecified atom stereocenters. The molecule has 6 heteroatoms. The minimum Gasteiger partial charge on any atom is -0.378 e. The van der Waals surface area contributed by atoms with E-state index in [0.29, 0.717) is 11.4 Å². The molecular formula is C20H27N3O2S. The van der Waals surface area contributed by atoms with Crippen LogP contribution in [0.25, 0.3) is 0 Å². The Labute approximate surface area is 156 Å². The van der Waals surface area contributed by atoms with Crippen molar-refractivity contribution in [2.45, 2.75) is 23.8 Å². The third-order valence-electron chi connectivity index (χ3n) is 4.90. The van der Waals surface area contributed by atoms with Crippen LogP contribution in [0.4, 0.5) is 5.69 Å². The third kappa shape index (κ3) is 4.44. The lowest BCUT2D eigenvalue weighted by molar-refractivity contribution is 0.246.